The number of amides is 1. The number of hydrogen-bond donors (Lipinski definition) is 0. The summed E-state index contributed by atoms with van der Waals surface area (Å²) in [5.74, 6) is 1.95. The highest BCUT2D eigenvalue weighted by Crippen LogP contribution is 2.30. The minimum atomic E-state index is -0.288. The highest BCUT2D eigenvalue weighted by atomic mass is 19.1. The molecule has 4 aromatic rings. The lowest BCUT2D eigenvalue weighted by atomic mass is 10.1. The molecule has 0 bridgehead atoms. The summed E-state index contributed by atoms with van der Waals surface area (Å²) in [6.45, 7) is 11.0. The molecule has 0 aliphatic carbocycles. The first-order valence-corrected chi connectivity index (χ1v) is 13.5. The van der Waals surface area contributed by atoms with Gasteiger partial charge in [-0.05, 0) is 67.6 Å². The second kappa shape index (κ2) is 10.9. The van der Waals surface area contributed by atoms with E-state index in [9.17, 15) is 9.18 Å². The van der Waals surface area contributed by atoms with Gasteiger partial charge in [0.15, 0.2) is 5.65 Å². The van der Waals surface area contributed by atoms with Crippen molar-refractivity contribution in [1.82, 2.24) is 24.6 Å². The Morgan fingerprint density at radius 2 is 1.66 bits per heavy atom. The third-order valence-corrected chi connectivity index (χ3v) is 7.22. The summed E-state index contributed by atoms with van der Waals surface area (Å²) in [5.41, 5.74) is 4.27. The predicted octanol–water partition coefficient (Wildman–Crippen LogP) is 5.38. The molecular formula is C30H35FN6O. The van der Waals surface area contributed by atoms with Gasteiger partial charge in [0.1, 0.15) is 17.5 Å². The van der Waals surface area contributed by atoms with Crippen molar-refractivity contribution in [1.29, 1.82) is 0 Å². The van der Waals surface area contributed by atoms with Gasteiger partial charge < -0.3 is 9.80 Å². The number of nitrogens with zero attached hydrogens (tertiary/aromatic N) is 6. The van der Waals surface area contributed by atoms with Crippen LogP contribution in [0, 0.1) is 18.7 Å². The number of benzene rings is 2. The number of aromatic nitrogens is 4. The van der Waals surface area contributed by atoms with Crippen LogP contribution in [0.2, 0.25) is 0 Å². The van der Waals surface area contributed by atoms with E-state index in [1.54, 1.807) is 16.8 Å². The average Bonchev–Trinajstić information content (AvgIpc) is 3.27. The number of fused-ring (bicyclic) bond motifs is 1. The fraction of sp³-hybridized carbons (Fsp3) is 0.400. The van der Waals surface area contributed by atoms with Gasteiger partial charge in [-0.25, -0.2) is 19.0 Å². The number of piperazine rings is 1. The predicted molar refractivity (Wildman–Crippen MR) is 148 cm³/mol. The maximum absolute atomic E-state index is 13.6. The lowest BCUT2D eigenvalue weighted by Crippen LogP contribution is -2.49. The molecule has 0 N–H and O–H groups in total. The summed E-state index contributed by atoms with van der Waals surface area (Å²) in [4.78, 5) is 27.3. The van der Waals surface area contributed by atoms with Crippen LogP contribution < -0.4 is 4.90 Å². The molecule has 8 heteroatoms. The fourth-order valence-electron chi connectivity index (χ4n) is 4.91. The van der Waals surface area contributed by atoms with Crippen molar-refractivity contribution >= 4 is 22.8 Å². The van der Waals surface area contributed by atoms with Gasteiger partial charge in [-0.1, -0.05) is 32.9 Å². The summed E-state index contributed by atoms with van der Waals surface area (Å²) >= 11 is 0. The van der Waals surface area contributed by atoms with E-state index < -0.39 is 0 Å². The Balaban J connectivity index is 1.45. The van der Waals surface area contributed by atoms with Gasteiger partial charge in [0.05, 0.1) is 16.8 Å². The zero-order chi connectivity index (χ0) is 26.8. The molecule has 0 atom stereocenters. The van der Waals surface area contributed by atoms with E-state index in [2.05, 4.69) is 25.7 Å². The van der Waals surface area contributed by atoms with Crippen LogP contribution in [0.3, 0.4) is 0 Å². The van der Waals surface area contributed by atoms with E-state index in [4.69, 9.17) is 15.1 Å². The average molecular weight is 515 g/mol. The molecule has 1 aliphatic heterocycles. The third-order valence-electron chi connectivity index (χ3n) is 7.22. The second-order valence-electron chi connectivity index (χ2n) is 10.4. The molecule has 1 amide bonds. The van der Waals surface area contributed by atoms with Gasteiger partial charge >= 0.3 is 0 Å². The number of carbonyl (C=O) groups is 1. The Hall–Kier alpha value is -3.81. The van der Waals surface area contributed by atoms with Crippen molar-refractivity contribution in [3.05, 3.63) is 77.0 Å². The van der Waals surface area contributed by atoms with Crippen LogP contribution in [0.1, 0.15) is 54.6 Å². The SMILES string of the molecule is CCc1ccc(C(=O)N2CCN(c3nc(CCC(C)C)nc4c3c(C)nn4-c3ccc(F)cc3)CC2)cc1. The van der Waals surface area contributed by atoms with Crippen molar-refractivity contribution in [2.75, 3.05) is 31.1 Å². The first-order chi connectivity index (χ1) is 18.3. The van der Waals surface area contributed by atoms with E-state index in [1.165, 1.54) is 17.7 Å². The van der Waals surface area contributed by atoms with Gasteiger partial charge in [-0.15, -0.1) is 0 Å². The van der Waals surface area contributed by atoms with Gasteiger partial charge in [-0.3, -0.25) is 4.79 Å². The van der Waals surface area contributed by atoms with E-state index in [0.29, 0.717) is 32.1 Å². The Labute approximate surface area is 223 Å². The van der Waals surface area contributed by atoms with Crippen LogP contribution in [0.4, 0.5) is 10.2 Å². The van der Waals surface area contributed by atoms with E-state index >= 15 is 0 Å². The van der Waals surface area contributed by atoms with E-state index in [-0.39, 0.29) is 11.7 Å². The van der Waals surface area contributed by atoms with Crippen LogP contribution in [-0.2, 0) is 12.8 Å². The Morgan fingerprint density at radius 1 is 0.974 bits per heavy atom. The topological polar surface area (TPSA) is 67.2 Å². The summed E-state index contributed by atoms with van der Waals surface area (Å²) in [7, 11) is 0. The number of halogens is 1. The van der Waals surface area contributed by atoms with Crippen LogP contribution in [0.25, 0.3) is 16.7 Å². The molecule has 7 nitrogen and oxygen atoms in total. The Bertz CT molecular complexity index is 1420. The molecule has 1 saturated heterocycles. The fourth-order valence-corrected chi connectivity index (χ4v) is 4.91. The van der Waals surface area contributed by atoms with Gasteiger partial charge in [0.2, 0.25) is 0 Å². The maximum atomic E-state index is 13.6. The van der Waals surface area contributed by atoms with Gasteiger partial charge in [0, 0.05) is 38.2 Å². The monoisotopic (exact) mass is 514 g/mol. The Morgan fingerprint density at radius 3 is 2.29 bits per heavy atom. The van der Waals surface area contributed by atoms with Gasteiger partial charge in [-0.2, -0.15) is 5.10 Å². The summed E-state index contributed by atoms with van der Waals surface area (Å²) in [5, 5.41) is 5.68. The summed E-state index contributed by atoms with van der Waals surface area (Å²) in [6.07, 6.45) is 2.70. The lowest BCUT2D eigenvalue weighted by Gasteiger charge is -2.36. The molecule has 0 radical (unpaired) electrons. The normalized spacial score (nSPS) is 14.1. The third kappa shape index (κ3) is 5.26. The van der Waals surface area contributed by atoms with Crippen molar-refractivity contribution in [3.8, 4) is 5.69 Å². The lowest BCUT2D eigenvalue weighted by molar-refractivity contribution is 0.0746. The van der Waals surface area contributed by atoms with Crippen LogP contribution in [0.15, 0.2) is 48.5 Å². The first-order valence-electron chi connectivity index (χ1n) is 13.5. The number of carbonyl (C=O) groups excluding carboxylic acids is 1. The van der Waals surface area contributed by atoms with Crippen LogP contribution >= 0.6 is 0 Å². The minimum Gasteiger partial charge on any atom is -0.352 e. The van der Waals surface area contributed by atoms with E-state index in [0.717, 1.165) is 58.9 Å². The quantitative estimate of drug-likeness (QED) is 0.331. The molecule has 5 rings (SSSR count). The van der Waals surface area contributed by atoms with E-state index in [1.807, 2.05) is 36.1 Å². The zero-order valence-electron chi connectivity index (χ0n) is 22.6. The van der Waals surface area contributed by atoms with Crippen molar-refractivity contribution in [2.24, 2.45) is 5.92 Å². The molecule has 2 aromatic carbocycles. The standard InChI is InChI=1S/C30H35FN6O/c1-5-22-7-9-23(10-8-22)30(38)36-18-16-35(17-19-36)28-27-21(4)34-37(25-13-11-24(31)12-14-25)29(27)33-26(32-28)15-6-20(2)3/h7-14,20H,5-6,15-19H2,1-4H3. The van der Waals surface area contributed by atoms with Crippen molar-refractivity contribution < 1.29 is 9.18 Å². The van der Waals surface area contributed by atoms with Crippen LogP contribution in [0.5, 0.6) is 0 Å². The molecule has 0 saturated carbocycles. The molecule has 0 spiro atoms. The van der Waals surface area contributed by atoms with Crippen LogP contribution in [-0.4, -0.2) is 56.7 Å². The first kappa shape index (κ1) is 25.8. The molecule has 38 heavy (non-hydrogen) atoms. The molecule has 198 valence electrons. The smallest absolute Gasteiger partial charge is 0.253 e. The Kier molecular flexibility index (Phi) is 7.40. The minimum absolute atomic E-state index is 0.0677. The van der Waals surface area contributed by atoms with Crippen molar-refractivity contribution in [2.45, 2.75) is 47.0 Å². The maximum Gasteiger partial charge on any atom is 0.253 e. The van der Waals surface area contributed by atoms with Gasteiger partial charge in [0.25, 0.3) is 5.91 Å². The number of anilines is 1. The summed E-state index contributed by atoms with van der Waals surface area (Å²) < 4.78 is 15.4. The molecule has 0 unspecified atom stereocenters. The summed E-state index contributed by atoms with van der Waals surface area (Å²) in [6, 6.07) is 14.2. The highest BCUT2D eigenvalue weighted by molar-refractivity contribution is 5.95. The molecule has 1 aliphatic rings. The number of rotatable bonds is 7. The molecule has 1 fully saturated rings. The zero-order valence-corrected chi connectivity index (χ0v) is 22.6. The largest absolute Gasteiger partial charge is 0.352 e. The molecule has 3 heterocycles. The molecule has 2 aromatic heterocycles. The number of hydrogen-bond acceptors (Lipinski definition) is 5. The molecular weight excluding hydrogens is 479 g/mol. The van der Waals surface area contributed by atoms with Crippen molar-refractivity contribution in [3.63, 3.8) is 0 Å². The highest BCUT2D eigenvalue weighted by Gasteiger charge is 2.27. The number of aryl methyl sites for hydroxylation is 3. The second-order valence-corrected chi connectivity index (χ2v) is 10.4.